The standard InChI is InChI=1S/C25H45FN.ClH/c1-4-5-6-7-8-9-10-11-12-13-14-15-16-17-22-27(2,3)23-24-18-20-25(26)21-19-24;/h18-21H,4-17,22-23H2,1-3H3;1H/q+1;. The molecule has 0 aliphatic heterocycles. The lowest BCUT2D eigenvalue weighted by molar-refractivity contribution is -0.903. The molecule has 1 rings (SSSR count). The predicted molar refractivity (Wildman–Crippen MR) is 125 cm³/mol. The molecular formula is C25H46ClFN+. The van der Waals surface area contributed by atoms with Gasteiger partial charge in [0.1, 0.15) is 12.4 Å². The van der Waals surface area contributed by atoms with Gasteiger partial charge in [-0.2, -0.15) is 0 Å². The highest BCUT2D eigenvalue weighted by Crippen LogP contribution is 2.15. The zero-order chi connectivity index (χ0) is 19.8. The summed E-state index contributed by atoms with van der Waals surface area (Å²) in [6, 6.07) is 6.98. The van der Waals surface area contributed by atoms with Crippen LogP contribution in [0.25, 0.3) is 0 Å². The fourth-order valence-corrected chi connectivity index (χ4v) is 3.90. The second-order valence-corrected chi connectivity index (χ2v) is 9.04. The van der Waals surface area contributed by atoms with Crippen LogP contribution in [0.1, 0.15) is 102 Å². The molecule has 164 valence electrons. The lowest BCUT2D eigenvalue weighted by atomic mass is 10.0. The monoisotopic (exact) mass is 414 g/mol. The minimum Gasteiger partial charge on any atom is -0.325 e. The topological polar surface area (TPSA) is 0 Å². The fourth-order valence-electron chi connectivity index (χ4n) is 3.90. The summed E-state index contributed by atoms with van der Waals surface area (Å²) in [6.07, 6.45) is 19.7. The molecule has 1 nitrogen and oxygen atoms in total. The van der Waals surface area contributed by atoms with Gasteiger partial charge in [0, 0.05) is 5.56 Å². The molecule has 0 amide bonds. The van der Waals surface area contributed by atoms with Crippen molar-refractivity contribution in [1.29, 1.82) is 0 Å². The van der Waals surface area contributed by atoms with Gasteiger partial charge in [-0.15, -0.1) is 12.4 Å². The molecule has 0 saturated heterocycles. The summed E-state index contributed by atoms with van der Waals surface area (Å²) >= 11 is 0. The Labute approximate surface area is 181 Å². The summed E-state index contributed by atoms with van der Waals surface area (Å²) in [6.45, 7) is 4.47. The van der Waals surface area contributed by atoms with Gasteiger partial charge >= 0.3 is 0 Å². The maximum absolute atomic E-state index is 13.0. The third-order valence-electron chi connectivity index (χ3n) is 5.64. The molecule has 0 aliphatic rings. The van der Waals surface area contributed by atoms with Crippen LogP contribution in [0.4, 0.5) is 4.39 Å². The van der Waals surface area contributed by atoms with E-state index in [1.165, 1.54) is 102 Å². The van der Waals surface area contributed by atoms with Crippen LogP contribution in [0.3, 0.4) is 0 Å². The van der Waals surface area contributed by atoms with E-state index in [0.29, 0.717) is 0 Å². The number of hydrogen-bond acceptors (Lipinski definition) is 0. The molecule has 28 heavy (non-hydrogen) atoms. The van der Waals surface area contributed by atoms with Gasteiger partial charge in [0.25, 0.3) is 0 Å². The summed E-state index contributed by atoms with van der Waals surface area (Å²) in [5.41, 5.74) is 1.23. The van der Waals surface area contributed by atoms with Crippen molar-refractivity contribution in [2.45, 2.75) is 103 Å². The molecule has 0 spiro atoms. The molecule has 0 heterocycles. The Morgan fingerprint density at radius 3 is 1.46 bits per heavy atom. The first kappa shape index (κ1) is 27.4. The number of halogens is 2. The van der Waals surface area contributed by atoms with Crippen molar-refractivity contribution in [3.8, 4) is 0 Å². The normalized spacial score (nSPS) is 11.4. The number of unbranched alkanes of at least 4 members (excludes halogenated alkanes) is 13. The van der Waals surface area contributed by atoms with Gasteiger partial charge in [-0.05, 0) is 25.0 Å². The second-order valence-electron chi connectivity index (χ2n) is 9.04. The molecule has 0 saturated carbocycles. The Morgan fingerprint density at radius 1 is 0.643 bits per heavy atom. The molecule has 3 heteroatoms. The Bertz CT molecular complexity index is 458. The Balaban J connectivity index is 0.00000729. The van der Waals surface area contributed by atoms with E-state index in [0.717, 1.165) is 11.0 Å². The summed E-state index contributed by atoms with van der Waals surface area (Å²) in [5.74, 6) is -0.143. The molecule has 0 aliphatic carbocycles. The minimum absolute atomic E-state index is 0. The van der Waals surface area contributed by atoms with Crippen molar-refractivity contribution in [1.82, 2.24) is 0 Å². The first-order chi connectivity index (χ1) is 13.0. The van der Waals surface area contributed by atoms with E-state index in [1.54, 1.807) is 12.1 Å². The SMILES string of the molecule is CCCCCCCCCCCCCCCC[N+](C)(C)Cc1ccc(F)cc1.Cl. The van der Waals surface area contributed by atoms with E-state index in [-0.39, 0.29) is 18.2 Å². The summed E-state index contributed by atoms with van der Waals surface area (Å²) in [7, 11) is 4.57. The summed E-state index contributed by atoms with van der Waals surface area (Å²) in [4.78, 5) is 0. The van der Waals surface area contributed by atoms with E-state index in [9.17, 15) is 4.39 Å². The number of quaternary nitrogens is 1. The average molecular weight is 415 g/mol. The molecule has 1 aromatic rings. The van der Waals surface area contributed by atoms with Crippen LogP contribution in [0.2, 0.25) is 0 Å². The number of nitrogens with zero attached hydrogens (tertiary/aromatic N) is 1. The first-order valence-electron chi connectivity index (χ1n) is 11.6. The third-order valence-corrected chi connectivity index (χ3v) is 5.64. The van der Waals surface area contributed by atoms with Crippen molar-refractivity contribution in [2.75, 3.05) is 20.6 Å². The number of benzene rings is 1. The average Bonchev–Trinajstić information content (AvgIpc) is 2.63. The van der Waals surface area contributed by atoms with E-state index in [4.69, 9.17) is 0 Å². The molecule has 0 atom stereocenters. The van der Waals surface area contributed by atoms with Gasteiger partial charge in [0.05, 0.1) is 20.6 Å². The highest BCUT2D eigenvalue weighted by molar-refractivity contribution is 5.85. The molecule has 0 fully saturated rings. The van der Waals surface area contributed by atoms with Crippen LogP contribution in [0.5, 0.6) is 0 Å². The Hall–Kier alpha value is -0.600. The van der Waals surface area contributed by atoms with Gasteiger partial charge in [0.2, 0.25) is 0 Å². The van der Waals surface area contributed by atoms with Crippen molar-refractivity contribution >= 4 is 12.4 Å². The van der Waals surface area contributed by atoms with Crippen LogP contribution >= 0.6 is 12.4 Å². The fraction of sp³-hybridized carbons (Fsp3) is 0.760. The highest BCUT2D eigenvalue weighted by atomic mass is 35.5. The lowest BCUT2D eigenvalue weighted by Gasteiger charge is -2.30. The van der Waals surface area contributed by atoms with E-state index >= 15 is 0 Å². The molecular weight excluding hydrogens is 369 g/mol. The van der Waals surface area contributed by atoms with Gasteiger partial charge in [0.15, 0.2) is 0 Å². The maximum atomic E-state index is 13.0. The summed E-state index contributed by atoms with van der Waals surface area (Å²) < 4.78 is 14.0. The largest absolute Gasteiger partial charge is 0.325 e. The van der Waals surface area contributed by atoms with Gasteiger partial charge in [-0.3, -0.25) is 0 Å². The van der Waals surface area contributed by atoms with E-state index in [1.807, 2.05) is 12.1 Å². The molecule has 0 aromatic heterocycles. The van der Waals surface area contributed by atoms with E-state index in [2.05, 4.69) is 21.0 Å². The predicted octanol–water partition coefficient (Wildman–Crippen LogP) is 8.31. The van der Waals surface area contributed by atoms with Crippen LogP contribution in [-0.2, 0) is 6.54 Å². The zero-order valence-electron chi connectivity index (χ0n) is 18.9. The quantitative estimate of drug-likeness (QED) is 0.177. The van der Waals surface area contributed by atoms with Crippen LogP contribution in [0, 0.1) is 5.82 Å². The van der Waals surface area contributed by atoms with Gasteiger partial charge in [-0.25, -0.2) is 4.39 Å². The molecule has 0 N–H and O–H groups in total. The molecule has 0 radical (unpaired) electrons. The second kappa shape index (κ2) is 17.3. The smallest absolute Gasteiger partial charge is 0.123 e. The molecule has 1 aromatic carbocycles. The van der Waals surface area contributed by atoms with Crippen LogP contribution < -0.4 is 0 Å². The summed E-state index contributed by atoms with van der Waals surface area (Å²) in [5, 5.41) is 0. The van der Waals surface area contributed by atoms with Crippen molar-refractivity contribution in [2.24, 2.45) is 0 Å². The lowest BCUT2D eigenvalue weighted by Crippen LogP contribution is -2.39. The maximum Gasteiger partial charge on any atom is 0.123 e. The van der Waals surface area contributed by atoms with Crippen molar-refractivity contribution < 1.29 is 8.87 Å². The van der Waals surface area contributed by atoms with E-state index < -0.39 is 0 Å². The van der Waals surface area contributed by atoms with Crippen LogP contribution in [0.15, 0.2) is 24.3 Å². The molecule has 0 unspecified atom stereocenters. The highest BCUT2D eigenvalue weighted by Gasteiger charge is 2.15. The Morgan fingerprint density at radius 2 is 1.04 bits per heavy atom. The zero-order valence-corrected chi connectivity index (χ0v) is 19.7. The van der Waals surface area contributed by atoms with Crippen molar-refractivity contribution in [3.63, 3.8) is 0 Å². The molecule has 0 bridgehead atoms. The Kier molecular flexibility index (Phi) is 16.9. The van der Waals surface area contributed by atoms with Crippen molar-refractivity contribution in [3.05, 3.63) is 35.6 Å². The minimum atomic E-state index is -0.143. The third kappa shape index (κ3) is 15.3. The number of hydrogen-bond donors (Lipinski definition) is 0. The van der Waals surface area contributed by atoms with Crippen LogP contribution in [-0.4, -0.2) is 25.1 Å². The first-order valence-corrected chi connectivity index (χ1v) is 11.6. The van der Waals surface area contributed by atoms with Gasteiger partial charge in [-0.1, -0.05) is 96.1 Å². The number of rotatable bonds is 17. The van der Waals surface area contributed by atoms with Gasteiger partial charge < -0.3 is 4.48 Å².